The van der Waals surface area contributed by atoms with Crippen LogP contribution in [0.25, 0.3) is 10.6 Å². The third-order valence-electron chi connectivity index (χ3n) is 3.58. The number of methoxy groups -OCH3 is 1. The lowest BCUT2D eigenvalue weighted by Gasteiger charge is -2.02. The zero-order valence-electron chi connectivity index (χ0n) is 13.1. The van der Waals surface area contributed by atoms with Crippen molar-refractivity contribution in [1.82, 2.24) is 4.98 Å². The van der Waals surface area contributed by atoms with Crippen molar-refractivity contribution < 1.29 is 9.53 Å². The molecule has 0 saturated heterocycles. The standard InChI is InChI=1S/C19H17NO2S/c1-13-4-3-5-16(10-13)18-20-17(12-23-18)11-14-6-8-15(9-7-14)19(21)22-2/h3-10,12H,11H2,1-2H3. The van der Waals surface area contributed by atoms with Crippen molar-refractivity contribution >= 4 is 17.3 Å². The summed E-state index contributed by atoms with van der Waals surface area (Å²) in [5, 5.41) is 3.13. The largest absolute Gasteiger partial charge is 0.465 e. The van der Waals surface area contributed by atoms with Crippen molar-refractivity contribution in [1.29, 1.82) is 0 Å². The first-order valence-corrected chi connectivity index (χ1v) is 8.22. The fourth-order valence-electron chi connectivity index (χ4n) is 2.38. The molecule has 0 bridgehead atoms. The van der Waals surface area contributed by atoms with Crippen molar-refractivity contribution in [2.75, 3.05) is 7.11 Å². The van der Waals surface area contributed by atoms with Crippen molar-refractivity contribution in [2.24, 2.45) is 0 Å². The number of hydrogen-bond acceptors (Lipinski definition) is 4. The normalized spacial score (nSPS) is 10.5. The summed E-state index contributed by atoms with van der Waals surface area (Å²) in [6.07, 6.45) is 0.754. The molecular formula is C19H17NO2S. The molecule has 0 saturated carbocycles. The summed E-state index contributed by atoms with van der Waals surface area (Å²) in [5.41, 5.74) is 5.12. The zero-order valence-corrected chi connectivity index (χ0v) is 13.9. The molecule has 0 aliphatic heterocycles. The smallest absolute Gasteiger partial charge is 0.337 e. The van der Waals surface area contributed by atoms with Gasteiger partial charge in [0, 0.05) is 17.4 Å². The van der Waals surface area contributed by atoms with Gasteiger partial charge in [-0.25, -0.2) is 9.78 Å². The predicted octanol–water partition coefficient (Wildman–Crippen LogP) is 4.50. The van der Waals surface area contributed by atoms with Gasteiger partial charge < -0.3 is 4.74 Å². The predicted molar refractivity (Wildman–Crippen MR) is 92.9 cm³/mol. The molecule has 1 aromatic heterocycles. The molecule has 4 heteroatoms. The Balaban J connectivity index is 1.75. The number of thiazole rings is 1. The van der Waals surface area contributed by atoms with Crippen LogP contribution in [0.3, 0.4) is 0 Å². The highest BCUT2D eigenvalue weighted by Gasteiger charge is 2.08. The van der Waals surface area contributed by atoms with Gasteiger partial charge in [-0.15, -0.1) is 11.3 Å². The molecule has 23 heavy (non-hydrogen) atoms. The van der Waals surface area contributed by atoms with Crippen molar-refractivity contribution in [3.05, 3.63) is 76.3 Å². The molecule has 0 unspecified atom stereocenters. The van der Waals surface area contributed by atoms with Gasteiger partial charge in [-0.3, -0.25) is 0 Å². The SMILES string of the molecule is COC(=O)c1ccc(Cc2csc(-c3cccc(C)c3)n2)cc1. The lowest BCUT2D eigenvalue weighted by Crippen LogP contribution is -2.01. The van der Waals surface area contributed by atoms with E-state index in [9.17, 15) is 4.79 Å². The number of benzene rings is 2. The second-order valence-corrected chi connectivity index (χ2v) is 6.24. The first-order valence-electron chi connectivity index (χ1n) is 7.34. The van der Waals surface area contributed by atoms with Gasteiger partial charge in [0.25, 0.3) is 0 Å². The van der Waals surface area contributed by atoms with Gasteiger partial charge in [0.2, 0.25) is 0 Å². The lowest BCUT2D eigenvalue weighted by molar-refractivity contribution is 0.0600. The van der Waals surface area contributed by atoms with Crippen LogP contribution < -0.4 is 0 Å². The number of aromatic nitrogens is 1. The fraction of sp³-hybridized carbons (Fsp3) is 0.158. The van der Waals surface area contributed by atoms with Crippen LogP contribution in [0.4, 0.5) is 0 Å². The van der Waals surface area contributed by atoms with Gasteiger partial charge in [-0.2, -0.15) is 0 Å². The number of nitrogens with zero attached hydrogens (tertiary/aromatic N) is 1. The highest BCUT2D eigenvalue weighted by molar-refractivity contribution is 7.13. The Bertz CT molecular complexity index is 821. The first kappa shape index (κ1) is 15.4. The maximum absolute atomic E-state index is 11.4. The van der Waals surface area contributed by atoms with E-state index in [0.29, 0.717) is 5.56 Å². The van der Waals surface area contributed by atoms with Gasteiger partial charge in [-0.1, -0.05) is 35.9 Å². The Morgan fingerprint density at radius 2 is 1.96 bits per heavy atom. The van der Waals surface area contributed by atoms with E-state index < -0.39 is 0 Å². The molecule has 3 aromatic rings. The maximum atomic E-state index is 11.4. The monoisotopic (exact) mass is 323 g/mol. The van der Waals surface area contributed by atoms with Crippen molar-refractivity contribution in [3.63, 3.8) is 0 Å². The van der Waals surface area contributed by atoms with E-state index in [2.05, 4.69) is 36.6 Å². The molecule has 1 heterocycles. The molecule has 0 amide bonds. The van der Waals surface area contributed by atoms with Gasteiger partial charge in [0.1, 0.15) is 5.01 Å². The van der Waals surface area contributed by atoms with Crippen LogP contribution in [0.2, 0.25) is 0 Å². The molecular weight excluding hydrogens is 306 g/mol. The minimum Gasteiger partial charge on any atom is -0.465 e. The van der Waals surface area contributed by atoms with Crippen LogP contribution in [0.1, 0.15) is 27.2 Å². The first-order chi connectivity index (χ1) is 11.2. The Hall–Kier alpha value is -2.46. The minimum atomic E-state index is -0.313. The molecule has 0 radical (unpaired) electrons. The van der Waals surface area contributed by atoms with E-state index in [1.54, 1.807) is 23.5 Å². The molecule has 2 aromatic carbocycles. The number of aryl methyl sites for hydroxylation is 1. The van der Waals surface area contributed by atoms with E-state index in [1.807, 2.05) is 12.1 Å². The molecule has 3 rings (SSSR count). The van der Waals surface area contributed by atoms with Crippen LogP contribution in [0.15, 0.2) is 53.9 Å². The molecule has 0 fully saturated rings. The van der Waals surface area contributed by atoms with Gasteiger partial charge in [-0.05, 0) is 30.7 Å². The van der Waals surface area contributed by atoms with E-state index in [4.69, 9.17) is 9.72 Å². The number of rotatable bonds is 4. The van der Waals surface area contributed by atoms with Gasteiger partial charge in [0.15, 0.2) is 0 Å². The third-order valence-corrected chi connectivity index (χ3v) is 4.52. The van der Waals surface area contributed by atoms with Crippen LogP contribution in [-0.4, -0.2) is 18.1 Å². The zero-order chi connectivity index (χ0) is 16.2. The molecule has 3 nitrogen and oxygen atoms in total. The molecule has 0 aliphatic rings. The summed E-state index contributed by atoms with van der Waals surface area (Å²) in [7, 11) is 1.39. The highest BCUT2D eigenvalue weighted by atomic mass is 32.1. The molecule has 0 N–H and O–H groups in total. The third kappa shape index (κ3) is 3.66. The second-order valence-electron chi connectivity index (χ2n) is 5.38. The summed E-state index contributed by atoms with van der Waals surface area (Å²) in [6.45, 7) is 2.08. The molecule has 116 valence electrons. The Labute approximate surface area is 139 Å². The van der Waals surface area contributed by atoms with Gasteiger partial charge >= 0.3 is 5.97 Å². The summed E-state index contributed by atoms with van der Waals surface area (Å²) in [6, 6.07) is 15.8. The van der Waals surface area contributed by atoms with Crippen LogP contribution in [0.5, 0.6) is 0 Å². The topological polar surface area (TPSA) is 39.2 Å². The van der Waals surface area contributed by atoms with E-state index in [1.165, 1.54) is 12.7 Å². The maximum Gasteiger partial charge on any atom is 0.337 e. The van der Waals surface area contributed by atoms with E-state index in [-0.39, 0.29) is 5.97 Å². The van der Waals surface area contributed by atoms with Crippen LogP contribution in [0, 0.1) is 6.92 Å². The Morgan fingerprint density at radius 1 is 1.17 bits per heavy atom. The molecule has 0 atom stereocenters. The highest BCUT2D eigenvalue weighted by Crippen LogP contribution is 2.25. The summed E-state index contributed by atoms with van der Waals surface area (Å²) in [5.74, 6) is -0.313. The number of esters is 1. The number of carbonyl (C=O) groups excluding carboxylic acids is 1. The summed E-state index contributed by atoms with van der Waals surface area (Å²) >= 11 is 1.66. The Kier molecular flexibility index (Phi) is 4.53. The quantitative estimate of drug-likeness (QED) is 0.664. The molecule has 0 aliphatic carbocycles. The second kappa shape index (κ2) is 6.75. The number of ether oxygens (including phenoxy) is 1. The number of hydrogen-bond donors (Lipinski definition) is 0. The molecule has 0 spiro atoms. The van der Waals surface area contributed by atoms with E-state index >= 15 is 0 Å². The lowest BCUT2D eigenvalue weighted by atomic mass is 10.1. The summed E-state index contributed by atoms with van der Waals surface area (Å²) in [4.78, 5) is 16.2. The average molecular weight is 323 g/mol. The summed E-state index contributed by atoms with van der Waals surface area (Å²) < 4.78 is 4.71. The van der Waals surface area contributed by atoms with Crippen molar-refractivity contribution in [3.8, 4) is 10.6 Å². The van der Waals surface area contributed by atoms with Crippen molar-refractivity contribution in [2.45, 2.75) is 13.3 Å². The Morgan fingerprint density at radius 3 is 2.65 bits per heavy atom. The van der Waals surface area contributed by atoms with Crippen LogP contribution in [-0.2, 0) is 11.2 Å². The number of carbonyl (C=O) groups is 1. The average Bonchev–Trinajstić information content (AvgIpc) is 3.03. The fourth-order valence-corrected chi connectivity index (χ4v) is 3.20. The van der Waals surface area contributed by atoms with Crippen LogP contribution >= 0.6 is 11.3 Å². The minimum absolute atomic E-state index is 0.313. The van der Waals surface area contributed by atoms with Gasteiger partial charge in [0.05, 0.1) is 18.4 Å². The van der Waals surface area contributed by atoms with E-state index in [0.717, 1.165) is 28.2 Å².